The molecule has 4 rings (SSSR count). The lowest BCUT2D eigenvalue weighted by Crippen LogP contribution is -2.33. The Morgan fingerprint density at radius 2 is 1.62 bits per heavy atom. The van der Waals surface area contributed by atoms with Crippen LogP contribution in [0.25, 0.3) is 0 Å². The molecular formula is C28H27N3O7S. The molecule has 2 amide bonds. The van der Waals surface area contributed by atoms with Gasteiger partial charge in [0.15, 0.2) is 0 Å². The number of anilines is 1. The van der Waals surface area contributed by atoms with Crippen LogP contribution in [0.5, 0.6) is 11.5 Å². The second-order valence-electron chi connectivity index (χ2n) is 8.46. The number of hydrazone groups is 1. The van der Waals surface area contributed by atoms with E-state index < -0.39 is 23.8 Å². The average molecular weight is 550 g/mol. The maximum Gasteiger partial charge on any atom is 0.347 e. The Balaban J connectivity index is 1.46. The zero-order valence-corrected chi connectivity index (χ0v) is 22.5. The molecule has 0 aliphatic heterocycles. The highest BCUT2D eigenvalue weighted by Gasteiger charge is 2.29. The Kier molecular flexibility index (Phi) is 8.72. The third-order valence-electron chi connectivity index (χ3n) is 5.97. The third kappa shape index (κ3) is 6.15. The number of nitrogens with one attached hydrogen (secondary N) is 2. The highest BCUT2D eigenvalue weighted by Crippen LogP contribution is 2.39. The first-order chi connectivity index (χ1) is 18.8. The molecule has 0 saturated carbocycles. The number of benzene rings is 2. The Morgan fingerprint density at radius 1 is 0.923 bits per heavy atom. The number of methoxy groups -OCH3 is 1. The lowest BCUT2D eigenvalue weighted by molar-refractivity contribution is -0.136. The van der Waals surface area contributed by atoms with Crippen LogP contribution in [0.1, 0.15) is 57.0 Å². The molecule has 0 atom stereocenters. The normalized spacial score (nSPS) is 12.3. The smallest absolute Gasteiger partial charge is 0.347 e. The van der Waals surface area contributed by atoms with Crippen LogP contribution in [0.15, 0.2) is 53.6 Å². The van der Waals surface area contributed by atoms with Crippen LogP contribution in [0.3, 0.4) is 0 Å². The van der Waals surface area contributed by atoms with E-state index in [1.54, 1.807) is 62.4 Å². The first-order valence-corrected chi connectivity index (χ1v) is 13.1. The van der Waals surface area contributed by atoms with E-state index >= 15 is 0 Å². The molecule has 0 unspecified atom stereocenters. The summed E-state index contributed by atoms with van der Waals surface area (Å²) >= 11 is 1.27. The number of fused-ring (bicyclic) bond motifs is 1. The number of aryl methyl sites for hydroxylation is 1. The quantitative estimate of drug-likeness (QED) is 0.142. The average Bonchev–Trinajstić information content (AvgIpc) is 3.52. The summed E-state index contributed by atoms with van der Waals surface area (Å²) < 4.78 is 16.0. The first-order valence-electron chi connectivity index (χ1n) is 12.3. The second-order valence-corrected chi connectivity index (χ2v) is 9.57. The summed E-state index contributed by atoms with van der Waals surface area (Å²) in [5, 5.41) is 6.83. The molecule has 3 aromatic rings. The van der Waals surface area contributed by atoms with E-state index in [4.69, 9.17) is 14.2 Å². The van der Waals surface area contributed by atoms with Gasteiger partial charge in [0.25, 0.3) is 0 Å². The van der Waals surface area contributed by atoms with Crippen molar-refractivity contribution in [3.63, 3.8) is 0 Å². The van der Waals surface area contributed by atoms with Crippen molar-refractivity contribution >= 4 is 45.8 Å². The fourth-order valence-corrected chi connectivity index (χ4v) is 5.41. The van der Waals surface area contributed by atoms with Crippen LogP contribution in [0.4, 0.5) is 5.00 Å². The zero-order chi connectivity index (χ0) is 27.9. The molecule has 2 N–H and O–H groups in total. The summed E-state index contributed by atoms with van der Waals surface area (Å²) in [6, 6.07) is 13.3. The molecule has 0 fully saturated rings. The van der Waals surface area contributed by atoms with E-state index in [-0.39, 0.29) is 22.9 Å². The Bertz CT molecular complexity index is 1460. The number of ether oxygens (including phenoxy) is 3. The number of amides is 2. The lowest BCUT2D eigenvalue weighted by Gasteiger charge is -2.12. The summed E-state index contributed by atoms with van der Waals surface area (Å²) in [5.41, 5.74) is 4.36. The van der Waals surface area contributed by atoms with Gasteiger partial charge in [-0.15, -0.1) is 11.3 Å². The van der Waals surface area contributed by atoms with Crippen molar-refractivity contribution in [2.75, 3.05) is 19.0 Å². The molecule has 0 bridgehead atoms. The van der Waals surface area contributed by atoms with Crippen LogP contribution >= 0.6 is 11.3 Å². The maximum atomic E-state index is 12.8. The standard InChI is InChI=1S/C28H27N3O7S/c1-4-37-28(35)23-19-12-9-15-22(19)39-26(23)29-24(32)25(33)31-30-16(2)17-10-5-8-14-21(17)38-27(34)18-11-6-7-13-20(18)36-3/h5-8,10-11,13-14H,4,9,12,15H2,1-3H3,(H,29,32)(H,31,33)/b30-16+. The zero-order valence-electron chi connectivity index (χ0n) is 21.7. The van der Waals surface area contributed by atoms with E-state index in [1.807, 2.05) is 0 Å². The predicted octanol–water partition coefficient (Wildman–Crippen LogP) is 4.12. The molecule has 202 valence electrons. The number of carbonyl (C=O) groups excluding carboxylic acids is 4. The summed E-state index contributed by atoms with van der Waals surface area (Å²) in [7, 11) is 1.46. The Labute approximate surface area is 229 Å². The minimum absolute atomic E-state index is 0.195. The van der Waals surface area contributed by atoms with E-state index in [0.717, 1.165) is 23.3 Å². The van der Waals surface area contributed by atoms with Crippen LogP contribution in [0, 0.1) is 0 Å². The molecule has 1 aliphatic rings. The van der Waals surface area contributed by atoms with Crippen LogP contribution in [-0.2, 0) is 27.2 Å². The second kappa shape index (κ2) is 12.4. The third-order valence-corrected chi connectivity index (χ3v) is 7.17. The Morgan fingerprint density at radius 3 is 2.33 bits per heavy atom. The lowest BCUT2D eigenvalue weighted by atomic mass is 10.1. The summed E-state index contributed by atoms with van der Waals surface area (Å²) in [5.74, 6) is -2.59. The molecular weight excluding hydrogens is 522 g/mol. The predicted molar refractivity (Wildman–Crippen MR) is 146 cm³/mol. The molecule has 1 heterocycles. The van der Waals surface area contributed by atoms with Gasteiger partial charge in [0.05, 0.1) is 25.0 Å². The van der Waals surface area contributed by atoms with Crippen LogP contribution in [0.2, 0.25) is 0 Å². The molecule has 1 aliphatic carbocycles. The van der Waals surface area contributed by atoms with Crippen molar-refractivity contribution in [3.8, 4) is 11.5 Å². The maximum absolute atomic E-state index is 12.8. The number of para-hydroxylation sites is 2. The fraction of sp³-hybridized carbons (Fsp3) is 0.250. The fourth-order valence-electron chi connectivity index (χ4n) is 4.14. The van der Waals surface area contributed by atoms with E-state index in [1.165, 1.54) is 18.4 Å². The van der Waals surface area contributed by atoms with E-state index in [2.05, 4.69) is 15.8 Å². The number of rotatable bonds is 8. The molecule has 10 nitrogen and oxygen atoms in total. The molecule has 0 saturated heterocycles. The minimum Gasteiger partial charge on any atom is -0.496 e. The van der Waals surface area contributed by atoms with Crippen molar-refractivity contribution in [1.82, 2.24) is 5.43 Å². The van der Waals surface area contributed by atoms with Crippen molar-refractivity contribution < 1.29 is 33.4 Å². The van der Waals surface area contributed by atoms with Gasteiger partial charge in [-0.1, -0.05) is 24.3 Å². The van der Waals surface area contributed by atoms with Crippen molar-refractivity contribution in [2.45, 2.75) is 33.1 Å². The van der Waals surface area contributed by atoms with Crippen molar-refractivity contribution in [2.24, 2.45) is 5.10 Å². The van der Waals surface area contributed by atoms with Crippen LogP contribution in [-0.4, -0.2) is 43.2 Å². The molecule has 1 aromatic heterocycles. The molecule has 0 spiro atoms. The number of hydrogen-bond donors (Lipinski definition) is 2. The highest BCUT2D eigenvalue weighted by molar-refractivity contribution is 7.17. The topological polar surface area (TPSA) is 132 Å². The number of hydrogen-bond acceptors (Lipinski definition) is 9. The molecule has 39 heavy (non-hydrogen) atoms. The van der Waals surface area contributed by atoms with Gasteiger partial charge >= 0.3 is 23.8 Å². The first kappa shape index (κ1) is 27.5. The number of carbonyl (C=O) groups is 4. The molecule has 11 heteroatoms. The van der Waals surface area contributed by atoms with Crippen molar-refractivity contribution in [3.05, 3.63) is 75.7 Å². The van der Waals surface area contributed by atoms with Gasteiger partial charge in [0.2, 0.25) is 0 Å². The number of thiophene rings is 1. The summed E-state index contributed by atoms with van der Waals surface area (Å²) in [6.45, 7) is 3.49. The summed E-state index contributed by atoms with van der Waals surface area (Å²) in [6.07, 6.45) is 2.44. The number of nitrogens with zero attached hydrogens (tertiary/aromatic N) is 1. The van der Waals surface area contributed by atoms with Gasteiger partial charge in [0.1, 0.15) is 22.1 Å². The van der Waals surface area contributed by atoms with Gasteiger partial charge in [0, 0.05) is 10.4 Å². The SMILES string of the molecule is CCOC(=O)c1c(NC(=O)C(=O)N/N=C(\C)c2ccccc2OC(=O)c2ccccc2OC)sc2c1CCC2. The highest BCUT2D eigenvalue weighted by atomic mass is 32.1. The monoisotopic (exact) mass is 549 g/mol. The van der Waals surface area contributed by atoms with E-state index in [0.29, 0.717) is 29.0 Å². The van der Waals surface area contributed by atoms with Gasteiger partial charge < -0.3 is 19.5 Å². The molecule has 2 aromatic carbocycles. The van der Waals surface area contributed by atoms with E-state index in [9.17, 15) is 19.2 Å². The Hall–Kier alpha value is -4.51. The van der Waals surface area contributed by atoms with Gasteiger partial charge in [-0.05, 0) is 62.9 Å². The molecule has 0 radical (unpaired) electrons. The summed E-state index contributed by atoms with van der Waals surface area (Å²) in [4.78, 5) is 51.5. The largest absolute Gasteiger partial charge is 0.496 e. The minimum atomic E-state index is -1.03. The van der Waals surface area contributed by atoms with Gasteiger partial charge in [-0.3, -0.25) is 9.59 Å². The number of esters is 2. The van der Waals surface area contributed by atoms with Crippen molar-refractivity contribution in [1.29, 1.82) is 0 Å². The van der Waals surface area contributed by atoms with Crippen LogP contribution < -0.4 is 20.2 Å². The van der Waals surface area contributed by atoms with Gasteiger partial charge in [-0.25, -0.2) is 15.0 Å². The van der Waals surface area contributed by atoms with Gasteiger partial charge in [-0.2, -0.15) is 5.10 Å².